The average molecular weight is 222 g/mol. The Labute approximate surface area is 90.8 Å². The summed E-state index contributed by atoms with van der Waals surface area (Å²) in [6, 6.07) is 3.95. The first-order valence-corrected chi connectivity index (χ1v) is 5.57. The number of ether oxygens (including phenoxy) is 2. The van der Waals surface area contributed by atoms with Crippen molar-refractivity contribution in [2.24, 2.45) is 0 Å². The summed E-state index contributed by atoms with van der Waals surface area (Å²) < 4.78 is 12.2. The summed E-state index contributed by atoms with van der Waals surface area (Å²) in [5.41, 5.74) is 0.890. The highest BCUT2D eigenvalue weighted by Gasteiger charge is 2.17. The number of aromatic nitrogens is 1. The van der Waals surface area contributed by atoms with E-state index in [-0.39, 0.29) is 0 Å². The molecule has 3 rings (SSSR count). The van der Waals surface area contributed by atoms with Gasteiger partial charge in [-0.2, -0.15) is 0 Å². The highest BCUT2D eigenvalue weighted by Crippen LogP contribution is 2.40. The van der Waals surface area contributed by atoms with E-state index in [4.69, 9.17) is 9.47 Å². The molecule has 0 saturated heterocycles. The summed E-state index contributed by atoms with van der Waals surface area (Å²) in [7, 11) is 1.86. The highest BCUT2D eigenvalue weighted by molar-refractivity contribution is 7.22. The fourth-order valence-electron chi connectivity index (χ4n) is 1.61. The van der Waals surface area contributed by atoms with Crippen LogP contribution >= 0.6 is 11.3 Å². The van der Waals surface area contributed by atoms with Crippen molar-refractivity contribution in [3.63, 3.8) is 0 Å². The maximum Gasteiger partial charge on any atom is 0.188 e. The molecule has 2 heterocycles. The summed E-state index contributed by atoms with van der Waals surface area (Å²) in [4.78, 5) is 4.45. The molecule has 1 aliphatic rings. The van der Waals surface area contributed by atoms with E-state index in [0.29, 0.717) is 13.2 Å². The van der Waals surface area contributed by atoms with Gasteiger partial charge in [0.25, 0.3) is 0 Å². The minimum atomic E-state index is 0.596. The number of hydrogen-bond donors (Lipinski definition) is 1. The summed E-state index contributed by atoms with van der Waals surface area (Å²) in [6.07, 6.45) is 0. The van der Waals surface area contributed by atoms with Gasteiger partial charge in [0.15, 0.2) is 16.6 Å². The minimum Gasteiger partial charge on any atom is -0.486 e. The topological polar surface area (TPSA) is 43.4 Å². The summed E-state index contributed by atoms with van der Waals surface area (Å²) >= 11 is 1.61. The second-order valence-electron chi connectivity index (χ2n) is 3.21. The van der Waals surface area contributed by atoms with Crippen LogP contribution in [0.15, 0.2) is 12.1 Å². The quantitative estimate of drug-likeness (QED) is 0.802. The molecule has 5 heteroatoms. The van der Waals surface area contributed by atoms with Gasteiger partial charge in [-0.05, 0) is 12.1 Å². The first-order valence-electron chi connectivity index (χ1n) is 4.75. The maximum absolute atomic E-state index is 5.59. The van der Waals surface area contributed by atoms with E-state index >= 15 is 0 Å². The molecule has 0 aliphatic carbocycles. The van der Waals surface area contributed by atoms with Gasteiger partial charge in [-0.1, -0.05) is 11.3 Å². The van der Waals surface area contributed by atoms with Gasteiger partial charge >= 0.3 is 0 Å². The zero-order chi connectivity index (χ0) is 10.3. The van der Waals surface area contributed by atoms with Gasteiger partial charge in [0.2, 0.25) is 0 Å². The molecule has 1 N–H and O–H groups in total. The van der Waals surface area contributed by atoms with E-state index in [0.717, 1.165) is 26.8 Å². The molecule has 0 atom stereocenters. The van der Waals surface area contributed by atoms with Crippen LogP contribution in [0.3, 0.4) is 0 Å². The summed E-state index contributed by atoms with van der Waals surface area (Å²) in [6.45, 7) is 1.21. The second-order valence-corrected chi connectivity index (χ2v) is 4.24. The molecule has 0 spiro atoms. The van der Waals surface area contributed by atoms with Crippen LogP contribution in [-0.2, 0) is 0 Å². The lowest BCUT2D eigenvalue weighted by Gasteiger charge is -2.17. The number of hydrogen-bond acceptors (Lipinski definition) is 5. The lowest BCUT2D eigenvalue weighted by Crippen LogP contribution is -2.15. The maximum atomic E-state index is 5.59. The summed E-state index contributed by atoms with van der Waals surface area (Å²) in [5, 5.41) is 3.93. The smallest absolute Gasteiger partial charge is 0.188 e. The van der Waals surface area contributed by atoms with Crippen LogP contribution < -0.4 is 14.8 Å². The molecular formula is C10H10N2O2S. The molecule has 15 heavy (non-hydrogen) atoms. The van der Waals surface area contributed by atoms with Crippen LogP contribution in [-0.4, -0.2) is 25.2 Å². The van der Waals surface area contributed by atoms with Crippen LogP contribution in [0.1, 0.15) is 0 Å². The van der Waals surface area contributed by atoms with Crippen molar-refractivity contribution in [1.82, 2.24) is 4.98 Å². The first-order chi connectivity index (χ1) is 7.38. The molecule has 2 aromatic rings. The minimum absolute atomic E-state index is 0.596. The highest BCUT2D eigenvalue weighted by atomic mass is 32.1. The fraction of sp³-hybridized carbons (Fsp3) is 0.300. The zero-order valence-corrected chi connectivity index (χ0v) is 9.06. The molecule has 0 unspecified atom stereocenters. The van der Waals surface area contributed by atoms with E-state index in [9.17, 15) is 0 Å². The number of nitrogens with one attached hydrogen (secondary N) is 1. The SMILES string of the molecule is CNc1nc2c3c(ccc2s1)OCCO3. The monoisotopic (exact) mass is 222 g/mol. The third kappa shape index (κ3) is 1.31. The predicted molar refractivity (Wildman–Crippen MR) is 60.2 cm³/mol. The molecule has 1 aromatic carbocycles. The van der Waals surface area contributed by atoms with Crippen molar-refractivity contribution in [2.75, 3.05) is 25.6 Å². The molecule has 1 aromatic heterocycles. The average Bonchev–Trinajstić information content (AvgIpc) is 2.72. The van der Waals surface area contributed by atoms with Crippen LogP contribution in [0, 0.1) is 0 Å². The standard InChI is InChI=1S/C10H10N2O2S/c1-11-10-12-8-7(15-10)3-2-6-9(8)14-5-4-13-6/h2-3H,4-5H2,1H3,(H,11,12). The van der Waals surface area contributed by atoms with E-state index in [1.165, 1.54) is 0 Å². The Balaban J connectivity index is 2.25. The van der Waals surface area contributed by atoms with Crippen molar-refractivity contribution < 1.29 is 9.47 Å². The normalized spacial score (nSPS) is 14.2. The molecule has 78 valence electrons. The molecule has 1 aliphatic heterocycles. The fourth-order valence-corrected chi connectivity index (χ4v) is 2.43. The lowest BCUT2D eigenvalue weighted by atomic mass is 10.3. The van der Waals surface area contributed by atoms with Crippen LogP contribution in [0.2, 0.25) is 0 Å². The number of benzene rings is 1. The molecule has 0 radical (unpaired) electrons. The van der Waals surface area contributed by atoms with Crippen LogP contribution in [0.25, 0.3) is 10.2 Å². The lowest BCUT2D eigenvalue weighted by molar-refractivity contribution is 0.173. The number of rotatable bonds is 1. The molecular weight excluding hydrogens is 212 g/mol. The van der Waals surface area contributed by atoms with Gasteiger partial charge in [-0.25, -0.2) is 4.98 Å². The van der Waals surface area contributed by atoms with Gasteiger partial charge < -0.3 is 14.8 Å². The molecule has 0 amide bonds. The van der Waals surface area contributed by atoms with Crippen LogP contribution in [0.5, 0.6) is 11.5 Å². The van der Waals surface area contributed by atoms with E-state index < -0.39 is 0 Å². The Morgan fingerprint density at radius 3 is 3.07 bits per heavy atom. The predicted octanol–water partition coefficient (Wildman–Crippen LogP) is 2.11. The third-order valence-electron chi connectivity index (χ3n) is 2.28. The Kier molecular flexibility index (Phi) is 1.92. The Hall–Kier alpha value is -1.49. The van der Waals surface area contributed by atoms with E-state index in [1.54, 1.807) is 11.3 Å². The third-order valence-corrected chi connectivity index (χ3v) is 3.32. The van der Waals surface area contributed by atoms with Gasteiger partial charge in [0, 0.05) is 7.05 Å². The molecule has 4 nitrogen and oxygen atoms in total. The molecule has 0 fully saturated rings. The van der Waals surface area contributed by atoms with Crippen molar-refractivity contribution in [3.05, 3.63) is 12.1 Å². The van der Waals surface area contributed by atoms with Crippen molar-refractivity contribution in [3.8, 4) is 11.5 Å². The Morgan fingerprint density at radius 1 is 1.33 bits per heavy atom. The first kappa shape index (κ1) is 8.79. The zero-order valence-electron chi connectivity index (χ0n) is 8.24. The van der Waals surface area contributed by atoms with Crippen LogP contribution in [0.4, 0.5) is 5.13 Å². The second kappa shape index (κ2) is 3.27. The summed E-state index contributed by atoms with van der Waals surface area (Å²) in [5.74, 6) is 1.57. The van der Waals surface area contributed by atoms with Gasteiger partial charge in [0.1, 0.15) is 18.7 Å². The van der Waals surface area contributed by atoms with E-state index in [1.807, 2.05) is 19.2 Å². The number of thiazole rings is 1. The largest absolute Gasteiger partial charge is 0.486 e. The Morgan fingerprint density at radius 2 is 2.20 bits per heavy atom. The number of anilines is 1. The Bertz CT molecular complexity index is 509. The van der Waals surface area contributed by atoms with Gasteiger partial charge in [0.05, 0.1) is 4.70 Å². The molecule has 0 bridgehead atoms. The molecule has 0 saturated carbocycles. The number of fused-ring (bicyclic) bond motifs is 3. The van der Waals surface area contributed by atoms with Gasteiger partial charge in [-0.3, -0.25) is 0 Å². The van der Waals surface area contributed by atoms with Crippen molar-refractivity contribution in [2.45, 2.75) is 0 Å². The van der Waals surface area contributed by atoms with Gasteiger partial charge in [-0.15, -0.1) is 0 Å². The van der Waals surface area contributed by atoms with E-state index in [2.05, 4.69) is 10.3 Å². The number of nitrogens with zero attached hydrogens (tertiary/aromatic N) is 1. The van der Waals surface area contributed by atoms with Crippen molar-refractivity contribution >= 4 is 26.7 Å². The van der Waals surface area contributed by atoms with Crippen molar-refractivity contribution in [1.29, 1.82) is 0 Å².